The van der Waals surface area contributed by atoms with Gasteiger partial charge in [-0.15, -0.1) is 0 Å². The molecule has 0 unspecified atom stereocenters. The van der Waals surface area contributed by atoms with E-state index in [4.69, 9.17) is 5.73 Å². The van der Waals surface area contributed by atoms with Gasteiger partial charge in [-0.2, -0.15) is 4.99 Å². The number of hydrogen-bond donors (Lipinski definition) is 1. The Bertz CT molecular complexity index is 314. The minimum atomic E-state index is 0.486. The molecule has 0 atom stereocenters. The number of nitrogens with two attached hydrogens (primary N) is 1. The molecule has 0 spiro atoms. The van der Waals surface area contributed by atoms with Gasteiger partial charge in [0.25, 0.3) is 0 Å². The summed E-state index contributed by atoms with van der Waals surface area (Å²) in [6, 6.07) is 5.31. The minimum Gasteiger partial charge on any atom is -0.397 e. The second kappa shape index (κ2) is 2.99. The zero-order valence-corrected chi connectivity index (χ0v) is 6.16. The van der Waals surface area contributed by atoms with Crippen molar-refractivity contribution in [2.24, 2.45) is 4.99 Å². The van der Waals surface area contributed by atoms with Crippen LogP contribution in [0.1, 0.15) is 5.56 Å². The zero-order valence-electron chi connectivity index (χ0n) is 6.16. The molecule has 0 aromatic heterocycles. The van der Waals surface area contributed by atoms with Gasteiger partial charge in [0.2, 0.25) is 6.08 Å². The number of carbonyl (C=O) groups excluding carboxylic acids is 1. The van der Waals surface area contributed by atoms with Crippen LogP contribution >= 0.6 is 0 Å². The predicted molar refractivity (Wildman–Crippen MR) is 43.4 cm³/mol. The zero-order chi connectivity index (χ0) is 8.27. The van der Waals surface area contributed by atoms with Crippen molar-refractivity contribution in [3.63, 3.8) is 0 Å². The van der Waals surface area contributed by atoms with Gasteiger partial charge in [0.15, 0.2) is 0 Å². The lowest BCUT2D eigenvalue weighted by molar-refractivity contribution is 0.565. The number of nitrogens with zero attached hydrogens (tertiary/aromatic N) is 1. The fourth-order valence-electron chi connectivity index (χ4n) is 0.800. The second-order valence-corrected chi connectivity index (χ2v) is 2.27. The molecule has 1 aromatic carbocycles. The molecule has 0 radical (unpaired) electrons. The van der Waals surface area contributed by atoms with Crippen LogP contribution in [0.5, 0.6) is 0 Å². The van der Waals surface area contributed by atoms with E-state index in [0.29, 0.717) is 11.4 Å². The number of aliphatic imine (C=N–C) groups is 1. The molecule has 3 heteroatoms. The normalized spacial score (nSPS) is 8.82. The minimum absolute atomic E-state index is 0.486. The first-order chi connectivity index (χ1) is 5.24. The molecule has 56 valence electrons. The molecule has 0 heterocycles. The lowest BCUT2D eigenvalue weighted by Gasteiger charge is -1.97. The van der Waals surface area contributed by atoms with E-state index in [1.54, 1.807) is 12.1 Å². The number of hydrogen-bond acceptors (Lipinski definition) is 3. The lowest BCUT2D eigenvalue weighted by Crippen LogP contribution is -1.85. The van der Waals surface area contributed by atoms with E-state index in [1.165, 1.54) is 6.08 Å². The molecule has 0 aliphatic heterocycles. The Balaban J connectivity index is 3.22. The van der Waals surface area contributed by atoms with Crippen molar-refractivity contribution in [1.29, 1.82) is 0 Å². The van der Waals surface area contributed by atoms with Crippen molar-refractivity contribution in [1.82, 2.24) is 0 Å². The molecule has 0 saturated carbocycles. The lowest BCUT2D eigenvalue weighted by atomic mass is 10.2. The Morgan fingerprint density at radius 3 is 2.91 bits per heavy atom. The van der Waals surface area contributed by atoms with Gasteiger partial charge in [-0.1, -0.05) is 6.07 Å². The maximum atomic E-state index is 9.89. The standard InChI is InChI=1S/C8H8N2O/c1-6-2-3-7(9)8(4-6)10-5-11/h2-4H,9H2,1H3. The van der Waals surface area contributed by atoms with Crippen LogP contribution in [0.2, 0.25) is 0 Å². The Morgan fingerprint density at radius 1 is 1.55 bits per heavy atom. The van der Waals surface area contributed by atoms with Crippen molar-refractivity contribution < 1.29 is 4.79 Å². The summed E-state index contributed by atoms with van der Waals surface area (Å²) in [5.41, 5.74) is 7.51. The number of aryl methyl sites for hydroxylation is 1. The third-order valence-electron chi connectivity index (χ3n) is 1.35. The summed E-state index contributed by atoms with van der Waals surface area (Å²) >= 11 is 0. The van der Waals surface area contributed by atoms with Crippen LogP contribution in [0, 0.1) is 6.92 Å². The van der Waals surface area contributed by atoms with Crippen LogP contribution in [0.4, 0.5) is 11.4 Å². The Morgan fingerprint density at radius 2 is 2.27 bits per heavy atom. The maximum Gasteiger partial charge on any atom is 0.240 e. The van der Waals surface area contributed by atoms with Crippen LogP contribution in [0.3, 0.4) is 0 Å². The van der Waals surface area contributed by atoms with Crippen molar-refractivity contribution in [3.05, 3.63) is 23.8 Å². The molecule has 1 rings (SSSR count). The Labute approximate surface area is 64.6 Å². The summed E-state index contributed by atoms with van der Waals surface area (Å²) in [4.78, 5) is 13.3. The molecule has 0 saturated heterocycles. The molecule has 0 fully saturated rings. The predicted octanol–water partition coefficient (Wildman–Crippen LogP) is 1.54. The molecule has 0 aliphatic rings. The van der Waals surface area contributed by atoms with Crippen molar-refractivity contribution >= 4 is 17.5 Å². The fourth-order valence-corrected chi connectivity index (χ4v) is 0.800. The first-order valence-corrected chi connectivity index (χ1v) is 3.18. The largest absolute Gasteiger partial charge is 0.397 e. The molecular formula is C8H8N2O. The smallest absolute Gasteiger partial charge is 0.240 e. The van der Waals surface area contributed by atoms with Gasteiger partial charge in [0, 0.05) is 0 Å². The number of nitrogen functional groups attached to an aromatic ring is 1. The quantitative estimate of drug-likeness (QED) is 0.373. The maximum absolute atomic E-state index is 9.89. The molecule has 3 nitrogen and oxygen atoms in total. The molecule has 11 heavy (non-hydrogen) atoms. The van der Waals surface area contributed by atoms with E-state index in [9.17, 15) is 4.79 Å². The number of benzene rings is 1. The van der Waals surface area contributed by atoms with Crippen LogP contribution in [-0.4, -0.2) is 6.08 Å². The molecule has 0 bridgehead atoms. The third kappa shape index (κ3) is 1.66. The van der Waals surface area contributed by atoms with E-state index >= 15 is 0 Å². The van der Waals surface area contributed by atoms with E-state index in [2.05, 4.69) is 4.99 Å². The van der Waals surface area contributed by atoms with Crippen LogP contribution < -0.4 is 5.73 Å². The highest BCUT2D eigenvalue weighted by Gasteiger charge is 1.95. The van der Waals surface area contributed by atoms with E-state index in [-0.39, 0.29) is 0 Å². The van der Waals surface area contributed by atoms with Gasteiger partial charge in [-0.3, -0.25) is 0 Å². The van der Waals surface area contributed by atoms with Gasteiger partial charge in [-0.25, -0.2) is 4.79 Å². The number of rotatable bonds is 1. The van der Waals surface area contributed by atoms with Gasteiger partial charge in [0.1, 0.15) is 0 Å². The van der Waals surface area contributed by atoms with Gasteiger partial charge in [0.05, 0.1) is 11.4 Å². The van der Waals surface area contributed by atoms with Crippen LogP contribution in [0.25, 0.3) is 0 Å². The first kappa shape index (κ1) is 7.51. The van der Waals surface area contributed by atoms with Crippen molar-refractivity contribution in [2.45, 2.75) is 6.92 Å². The average molecular weight is 148 g/mol. The third-order valence-corrected chi connectivity index (χ3v) is 1.35. The highest BCUT2D eigenvalue weighted by atomic mass is 16.1. The number of isocyanates is 1. The average Bonchev–Trinajstić information content (AvgIpc) is 1.98. The van der Waals surface area contributed by atoms with Gasteiger partial charge < -0.3 is 5.73 Å². The fraction of sp³-hybridized carbons (Fsp3) is 0.125. The molecule has 2 N–H and O–H groups in total. The molecule has 0 aliphatic carbocycles. The monoisotopic (exact) mass is 148 g/mol. The summed E-state index contributed by atoms with van der Waals surface area (Å²) in [5, 5.41) is 0. The van der Waals surface area contributed by atoms with Crippen LogP contribution in [0.15, 0.2) is 23.2 Å². The van der Waals surface area contributed by atoms with Crippen LogP contribution in [-0.2, 0) is 4.79 Å². The Kier molecular flexibility index (Phi) is 2.04. The summed E-state index contributed by atoms with van der Waals surface area (Å²) in [5.74, 6) is 0. The topological polar surface area (TPSA) is 55.4 Å². The second-order valence-electron chi connectivity index (χ2n) is 2.27. The van der Waals surface area contributed by atoms with Crippen molar-refractivity contribution in [3.8, 4) is 0 Å². The summed E-state index contributed by atoms with van der Waals surface area (Å²) in [7, 11) is 0. The molecular weight excluding hydrogens is 140 g/mol. The SMILES string of the molecule is Cc1ccc(N)c(N=C=O)c1. The van der Waals surface area contributed by atoms with E-state index < -0.39 is 0 Å². The molecule has 1 aromatic rings. The van der Waals surface area contributed by atoms with Gasteiger partial charge in [-0.05, 0) is 24.6 Å². The number of anilines is 1. The summed E-state index contributed by atoms with van der Waals surface area (Å²) < 4.78 is 0. The van der Waals surface area contributed by atoms with Gasteiger partial charge >= 0.3 is 0 Å². The first-order valence-electron chi connectivity index (χ1n) is 3.18. The summed E-state index contributed by atoms with van der Waals surface area (Å²) in [6.07, 6.45) is 1.45. The molecule has 0 amide bonds. The van der Waals surface area contributed by atoms with E-state index in [0.717, 1.165) is 5.56 Å². The van der Waals surface area contributed by atoms with Crippen molar-refractivity contribution in [2.75, 3.05) is 5.73 Å². The summed E-state index contributed by atoms with van der Waals surface area (Å²) in [6.45, 7) is 1.91. The van der Waals surface area contributed by atoms with E-state index in [1.807, 2.05) is 13.0 Å². The highest BCUT2D eigenvalue weighted by molar-refractivity contribution is 5.66. The highest BCUT2D eigenvalue weighted by Crippen LogP contribution is 2.21. The Hall–Kier alpha value is -1.60.